The van der Waals surface area contributed by atoms with E-state index in [0.717, 1.165) is 0 Å². The Labute approximate surface area is 144 Å². The fraction of sp³-hybridized carbons (Fsp3) is 0.478. The fourth-order valence-corrected chi connectivity index (χ4v) is 3.33. The number of hydrogen-bond acceptors (Lipinski definition) is 0. The molecule has 0 fully saturated rings. The van der Waals surface area contributed by atoms with Crippen LogP contribution in [-0.2, 0) is 6.42 Å². The van der Waals surface area contributed by atoms with Gasteiger partial charge in [-0.25, -0.2) is 0 Å². The number of hydrogen-bond donors (Lipinski definition) is 0. The van der Waals surface area contributed by atoms with Crippen LogP contribution in [-0.4, -0.2) is 0 Å². The van der Waals surface area contributed by atoms with E-state index in [2.05, 4.69) is 61.6 Å². The van der Waals surface area contributed by atoms with E-state index in [4.69, 9.17) is 0 Å². The first-order valence-electron chi connectivity index (χ1n) is 9.53. The summed E-state index contributed by atoms with van der Waals surface area (Å²) in [6.45, 7) is 10.3. The lowest BCUT2D eigenvalue weighted by Gasteiger charge is -2.24. The molecule has 0 aromatic heterocycles. The Morgan fingerprint density at radius 3 is 2.43 bits per heavy atom. The second-order valence-corrected chi connectivity index (χ2v) is 5.60. The Kier molecular flexibility index (Phi) is 9.36. The van der Waals surface area contributed by atoms with Crippen molar-refractivity contribution in [3.63, 3.8) is 0 Å². The summed E-state index contributed by atoms with van der Waals surface area (Å²) < 4.78 is 0. The third-order valence-corrected chi connectivity index (χ3v) is 4.34. The summed E-state index contributed by atoms with van der Waals surface area (Å²) in [6, 6.07) is 8.98. The van der Waals surface area contributed by atoms with Crippen LogP contribution in [0.5, 0.6) is 0 Å². The summed E-state index contributed by atoms with van der Waals surface area (Å²) in [4.78, 5) is 0. The molecule has 0 saturated carbocycles. The molecule has 0 spiro atoms. The Morgan fingerprint density at radius 2 is 1.70 bits per heavy atom. The Morgan fingerprint density at radius 1 is 1.00 bits per heavy atom. The van der Waals surface area contributed by atoms with Gasteiger partial charge in [-0.2, -0.15) is 0 Å². The summed E-state index contributed by atoms with van der Waals surface area (Å²) in [5.41, 5.74) is 4.57. The van der Waals surface area contributed by atoms with E-state index < -0.39 is 0 Å². The zero-order chi connectivity index (χ0) is 17.1. The second kappa shape index (κ2) is 11.0. The topological polar surface area (TPSA) is 0 Å². The molecule has 0 aliphatic heterocycles. The molecule has 0 heterocycles. The van der Waals surface area contributed by atoms with Crippen LogP contribution in [0.1, 0.15) is 65.0 Å². The first kappa shape index (κ1) is 19.5. The van der Waals surface area contributed by atoms with E-state index in [9.17, 15) is 0 Å². The molecule has 0 N–H and O–H groups in total. The molecule has 2 unspecified atom stereocenters. The van der Waals surface area contributed by atoms with Crippen molar-refractivity contribution in [2.24, 2.45) is 11.8 Å². The van der Waals surface area contributed by atoms with Crippen LogP contribution in [0, 0.1) is 11.8 Å². The highest BCUT2D eigenvalue weighted by molar-refractivity contribution is 5.73. The Hall–Kier alpha value is -1.56. The van der Waals surface area contributed by atoms with E-state index in [1.165, 1.54) is 36.8 Å². The predicted molar refractivity (Wildman–Crippen MR) is 106 cm³/mol. The molecule has 1 aromatic rings. The van der Waals surface area contributed by atoms with Crippen molar-refractivity contribution in [1.29, 1.82) is 0 Å². The Balaban J connectivity index is 0.000000615. The van der Waals surface area contributed by atoms with Gasteiger partial charge in [0.1, 0.15) is 0 Å². The first-order chi connectivity index (χ1) is 11.4. The maximum Gasteiger partial charge on any atom is 0.00870 e. The van der Waals surface area contributed by atoms with Crippen molar-refractivity contribution in [2.75, 3.05) is 0 Å². The predicted octanol–water partition coefficient (Wildman–Crippen LogP) is 7.23. The van der Waals surface area contributed by atoms with Gasteiger partial charge >= 0.3 is 0 Å². The molecule has 2 aliphatic carbocycles. The van der Waals surface area contributed by atoms with Crippen molar-refractivity contribution >= 4 is 5.57 Å². The highest BCUT2D eigenvalue weighted by Gasteiger charge is 2.27. The molecule has 0 saturated heterocycles. The van der Waals surface area contributed by atoms with Crippen LogP contribution in [0.2, 0.25) is 0 Å². The molecule has 23 heavy (non-hydrogen) atoms. The molecule has 0 nitrogen and oxygen atoms in total. The highest BCUT2D eigenvalue weighted by Crippen LogP contribution is 2.40. The van der Waals surface area contributed by atoms with Crippen LogP contribution in [0.3, 0.4) is 0 Å². The molecule has 126 valence electrons. The lowest BCUT2D eigenvalue weighted by molar-refractivity contribution is 0.529. The molecule has 0 radical (unpaired) electrons. The quantitative estimate of drug-likeness (QED) is 0.540. The van der Waals surface area contributed by atoms with Gasteiger partial charge in [0.2, 0.25) is 0 Å². The van der Waals surface area contributed by atoms with E-state index in [0.29, 0.717) is 11.8 Å². The number of aryl methyl sites for hydroxylation is 1. The maximum absolute atomic E-state index is 2.48. The molecule has 0 heteroatoms. The van der Waals surface area contributed by atoms with Crippen LogP contribution < -0.4 is 0 Å². The molecule has 0 amide bonds. The van der Waals surface area contributed by atoms with Gasteiger partial charge in [0.05, 0.1) is 0 Å². The lowest BCUT2D eigenvalue weighted by Crippen LogP contribution is -2.13. The van der Waals surface area contributed by atoms with Crippen LogP contribution >= 0.6 is 0 Å². The second-order valence-electron chi connectivity index (χ2n) is 5.60. The zero-order valence-corrected chi connectivity index (χ0v) is 15.7. The Bertz CT molecular complexity index is 531. The van der Waals surface area contributed by atoms with E-state index in [1.54, 1.807) is 5.57 Å². The van der Waals surface area contributed by atoms with E-state index >= 15 is 0 Å². The van der Waals surface area contributed by atoms with Gasteiger partial charge in [0.25, 0.3) is 0 Å². The van der Waals surface area contributed by atoms with Crippen LogP contribution in [0.25, 0.3) is 5.57 Å². The number of allylic oxidation sites excluding steroid dienone is 6. The smallest absolute Gasteiger partial charge is 0.00870 e. The van der Waals surface area contributed by atoms with Crippen molar-refractivity contribution in [1.82, 2.24) is 0 Å². The lowest BCUT2D eigenvalue weighted by atomic mass is 9.80. The monoisotopic (exact) mass is 310 g/mol. The molecular formula is C23H34. The van der Waals surface area contributed by atoms with Crippen molar-refractivity contribution in [3.8, 4) is 0 Å². The summed E-state index contributed by atoms with van der Waals surface area (Å²) in [7, 11) is 0. The normalized spacial score (nSPS) is 22.7. The van der Waals surface area contributed by atoms with Crippen molar-refractivity contribution < 1.29 is 0 Å². The van der Waals surface area contributed by atoms with E-state index in [1.807, 2.05) is 27.7 Å². The molecule has 3 rings (SSSR count). The molecule has 1 aromatic carbocycles. The average Bonchev–Trinajstić information content (AvgIpc) is 2.80. The van der Waals surface area contributed by atoms with Gasteiger partial charge in [0.15, 0.2) is 0 Å². The third kappa shape index (κ3) is 4.96. The minimum atomic E-state index is 0.584. The third-order valence-electron chi connectivity index (χ3n) is 4.34. The number of fused-ring (bicyclic) bond motifs is 2. The van der Waals surface area contributed by atoms with Crippen molar-refractivity contribution in [2.45, 2.75) is 60.3 Å². The van der Waals surface area contributed by atoms with Gasteiger partial charge in [0, 0.05) is 5.92 Å². The van der Waals surface area contributed by atoms with Gasteiger partial charge in [-0.3, -0.25) is 0 Å². The average molecular weight is 311 g/mol. The highest BCUT2D eigenvalue weighted by atomic mass is 14.3. The zero-order valence-electron chi connectivity index (χ0n) is 15.7. The molecule has 2 aliphatic rings. The van der Waals surface area contributed by atoms with Gasteiger partial charge in [-0.05, 0) is 41.9 Å². The number of rotatable bonds is 2. The molecular weight excluding hydrogens is 276 g/mol. The summed E-state index contributed by atoms with van der Waals surface area (Å²) in [5.74, 6) is 1.26. The molecule has 0 bridgehead atoms. The van der Waals surface area contributed by atoms with Gasteiger partial charge < -0.3 is 0 Å². The largest absolute Gasteiger partial charge is 0.0805 e. The summed E-state index contributed by atoms with van der Waals surface area (Å²) in [5, 5.41) is 0. The fourth-order valence-electron chi connectivity index (χ4n) is 3.33. The summed E-state index contributed by atoms with van der Waals surface area (Å²) in [6.07, 6.45) is 16.6. The van der Waals surface area contributed by atoms with Crippen molar-refractivity contribution in [3.05, 3.63) is 65.8 Å². The number of unbranched alkanes of at least 4 members (excludes halogenated alkanes) is 1. The van der Waals surface area contributed by atoms with E-state index in [-0.39, 0.29) is 0 Å². The number of benzene rings is 1. The minimum absolute atomic E-state index is 0.584. The van der Waals surface area contributed by atoms with Crippen LogP contribution in [0.15, 0.2) is 54.6 Å². The summed E-state index contributed by atoms with van der Waals surface area (Å²) >= 11 is 0. The van der Waals surface area contributed by atoms with Gasteiger partial charge in [-0.15, -0.1) is 0 Å². The molecule has 2 atom stereocenters. The first-order valence-corrected chi connectivity index (χ1v) is 9.53. The van der Waals surface area contributed by atoms with Gasteiger partial charge in [-0.1, -0.05) is 95.7 Å². The standard InChI is InChI=1S/C19H22.2C2H6/c1-2-3-10-19-17-11-6-4-8-15(17)13-14-16-9-5-7-12-18(16)19;2*1-2/h4-12,15,17H,2-3,13-14H2,1H3;2*1-2H3/b19-10-;;. The SMILES string of the molecule is CC.CC.CCC/C=C1\c2ccccc2CCC2C=CC=CC12. The van der Waals surface area contributed by atoms with Crippen LogP contribution in [0.4, 0.5) is 0 Å². The minimum Gasteiger partial charge on any atom is -0.0805 e. The maximum atomic E-state index is 2.48.